The molecule has 178 valence electrons. The van der Waals surface area contributed by atoms with Crippen LogP contribution >= 0.6 is 0 Å². The van der Waals surface area contributed by atoms with Crippen molar-refractivity contribution in [1.29, 1.82) is 0 Å². The molecular weight excluding hydrogens is 445 g/mol. The summed E-state index contributed by atoms with van der Waals surface area (Å²) in [5.41, 5.74) is 7.81. The van der Waals surface area contributed by atoms with E-state index in [1.54, 1.807) is 6.20 Å². The van der Waals surface area contributed by atoms with Crippen LogP contribution in [0, 0.1) is 12.7 Å². The van der Waals surface area contributed by atoms with Crippen molar-refractivity contribution < 1.29 is 4.39 Å². The summed E-state index contributed by atoms with van der Waals surface area (Å²) in [6.45, 7) is 4.83. The van der Waals surface area contributed by atoms with E-state index in [4.69, 9.17) is 0 Å². The molecular formula is C32H28FN3. The maximum absolute atomic E-state index is 16.5. The second-order valence-electron chi connectivity index (χ2n) is 9.41. The van der Waals surface area contributed by atoms with Crippen molar-refractivity contribution in [1.82, 2.24) is 14.3 Å². The Labute approximate surface area is 210 Å². The standard InChI is InChI=1S/C32H28FN3/c1-3-9-23-14-16-24(17-15-23)21-35-29-19-18-28-27(20-34-36(28)25-11-5-4-6-12-25)30(29)31(33)32(35)26-13-8-7-10-22(26)2/h4-8,10-20H,3,9,21H2,1-2H3. The lowest BCUT2D eigenvalue weighted by Crippen LogP contribution is -2.03. The summed E-state index contributed by atoms with van der Waals surface area (Å²) < 4.78 is 20.5. The lowest BCUT2D eigenvalue weighted by atomic mass is 10.0. The fourth-order valence-corrected chi connectivity index (χ4v) is 5.23. The van der Waals surface area contributed by atoms with Gasteiger partial charge in [0.15, 0.2) is 5.82 Å². The van der Waals surface area contributed by atoms with Crippen molar-refractivity contribution in [3.63, 3.8) is 0 Å². The van der Waals surface area contributed by atoms with Gasteiger partial charge in [-0.25, -0.2) is 9.07 Å². The minimum absolute atomic E-state index is 0.194. The summed E-state index contributed by atoms with van der Waals surface area (Å²) in [6, 6.07) is 30.8. The first-order chi connectivity index (χ1) is 17.7. The van der Waals surface area contributed by atoms with Crippen LogP contribution in [0.25, 0.3) is 38.8 Å². The fraction of sp³-hybridized carbons (Fsp3) is 0.156. The number of nitrogens with zero attached hydrogens (tertiary/aromatic N) is 3. The fourth-order valence-electron chi connectivity index (χ4n) is 5.23. The van der Waals surface area contributed by atoms with Gasteiger partial charge in [-0.05, 0) is 54.3 Å². The van der Waals surface area contributed by atoms with E-state index in [1.807, 2.05) is 72.3 Å². The molecule has 0 saturated carbocycles. The molecule has 4 aromatic carbocycles. The van der Waals surface area contributed by atoms with Crippen LogP contribution in [0.5, 0.6) is 0 Å². The number of aryl methyl sites for hydroxylation is 2. The van der Waals surface area contributed by atoms with Crippen LogP contribution in [0.3, 0.4) is 0 Å². The predicted octanol–water partition coefficient (Wildman–Crippen LogP) is 8.10. The SMILES string of the molecule is CCCc1ccc(Cn2c(-c3ccccc3C)c(F)c3c4cnn(-c5ccccc5)c4ccc32)cc1. The second kappa shape index (κ2) is 9.12. The molecule has 0 radical (unpaired) electrons. The van der Waals surface area contributed by atoms with Gasteiger partial charge in [-0.1, -0.05) is 80.1 Å². The number of aromatic nitrogens is 3. The van der Waals surface area contributed by atoms with Crippen molar-refractivity contribution >= 4 is 21.8 Å². The summed E-state index contributed by atoms with van der Waals surface area (Å²) in [6.07, 6.45) is 3.98. The van der Waals surface area contributed by atoms with Gasteiger partial charge in [-0.15, -0.1) is 0 Å². The molecule has 3 nitrogen and oxygen atoms in total. The molecule has 0 aliphatic rings. The summed E-state index contributed by atoms with van der Waals surface area (Å²) in [4.78, 5) is 0. The van der Waals surface area contributed by atoms with Crippen molar-refractivity contribution in [2.75, 3.05) is 0 Å². The molecule has 0 spiro atoms. The zero-order chi connectivity index (χ0) is 24.6. The third-order valence-corrected chi connectivity index (χ3v) is 7.02. The monoisotopic (exact) mass is 473 g/mol. The van der Waals surface area contributed by atoms with Gasteiger partial charge in [0.05, 0.1) is 28.6 Å². The molecule has 0 atom stereocenters. The summed E-state index contributed by atoms with van der Waals surface area (Å²) >= 11 is 0. The molecule has 6 aromatic rings. The molecule has 4 heteroatoms. The van der Waals surface area contributed by atoms with Crippen LogP contribution in [-0.4, -0.2) is 14.3 Å². The topological polar surface area (TPSA) is 22.8 Å². The van der Waals surface area contributed by atoms with Gasteiger partial charge < -0.3 is 4.57 Å². The van der Waals surface area contributed by atoms with E-state index in [1.165, 1.54) is 5.56 Å². The Balaban J connectivity index is 1.58. The average Bonchev–Trinajstić information content (AvgIpc) is 3.45. The Hall–Kier alpha value is -4.18. The maximum Gasteiger partial charge on any atom is 0.157 e. The van der Waals surface area contributed by atoms with Crippen molar-refractivity contribution in [2.45, 2.75) is 33.2 Å². The van der Waals surface area contributed by atoms with Gasteiger partial charge in [0.25, 0.3) is 0 Å². The van der Waals surface area contributed by atoms with Crippen molar-refractivity contribution in [2.24, 2.45) is 0 Å². The van der Waals surface area contributed by atoms with Crippen LogP contribution in [0.1, 0.15) is 30.0 Å². The highest BCUT2D eigenvalue weighted by molar-refractivity contribution is 6.08. The molecule has 0 aliphatic carbocycles. The molecule has 0 aliphatic heterocycles. The normalized spacial score (nSPS) is 11.5. The molecule has 0 amide bonds. The summed E-state index contributed by atoms with van der Waals surface area (Å²) in [5.74, 6) is -0.194. The summed E-state index contributed by atoms with van der Waals surface area (Å²) in [7, 11) is 0. The zero-order valence-electron chi connectivity index (χ0n) is 20.6. The predicted molar refractivity (Wildman–Crippen MR) is 146 cm³/mol. The number of hydrogen-bond donors (Lipinski definition) is 0. The van der Waals surface area contributed by atoms with Gasteiger partial charge in [0.2, 0.25) is 0 Å². The van der Waals surface area contributed by atoms with Gasteiger partial charge in [0.1, 0.15) is 0 Å². The number of hydrogen-bond acceptors (Lipinski definition) is 1. The Kier molecular flexibility index (Phi) is 5.65. The van der Waals surface area contributed by atoms with Gasteiger partial charge in [-0.3, -0.25) is 0 Å². The van der Waals surface area contributed by atoms with Gasteiger partial charge in [0, 0.05) is 22.9 Å². The van der Waals surface area contributed by atoms with E-state index in [0.29, 0.717) is 17.6 Å². The molecule has 6 rings (SSSR count). The van der Waals surface area contributed by atoms with Crippen LogP contribution in [0.2, 0.25) is 0 Å². The van der Waals surface area contributed by atoms with Crippen molar-refractivity contribution in [3.05, 3.63) is 120 Å². The van der Waals surface area contributed by atoms with Crippen LogP contribution in [-0.2, 0) is 13.0 Å². The van der Waals surface area contributed by atoms with E-state index < -0.39 is 0 Å². The highest BCUT2D eigenvalue weighted by Crippen LogP contribution is 2.38. The first-order valence-corrected chi connectivity index (χ1v) is 12.5. The van der Waals surface area contributed by atoms with Crippen LogP contribution in [0.4, 0.5) is 4.39 Å². The largest absolute Gasteiger partial charge is 0.333 e. The van der Waals surface area contributed by atoms with E-state index in [9.17, 15) is 0 Å². The molecule has 0 bridgehead atoms. The molecule has 2 heterocycles. The number of fused-ring (bicyclic) bond motifs is 3. The zero-order valence-corrected chi connectivity index (χ0v) is 20.6. The molecule has 0 unspecified atom stereocenters. The minimum atomic E-state index is -0.194. The number of benzene rings is 4. The molecule has 0 N–H and O–H groups in total. The molecule has 36 heavy (non-hydrogen) atoms. The van der Waals surface area contributed by atoms with Gasteiger partial charge in [-0.2, -0.15) is 5.10 Å². The Morgan fingerprint density at radius 1 is 0.778 bits per heavy atom. The highest BCUT2D eigenvalue weighted by Gasteiger charge is 2.23. The van der Waals surface area contributed by atoms with E-state index in [0.717, 1.165) is 51.6 Å². The Morgan fingerprint density at radius 2 is 1.47 bits per heavy atom. The van der Waals surface area contributed by atoms with Crippen LogP contribution in [0.15, 0.2) is 97.2 Å². The smallest absolute Gasteiger partial charge is 0.157 e. The van der Waals surface area contributed by atoms with Gasteiger partial charge >= 0.3 is 0 Å². The van der Waals surface area contributed by atoms with Crippen LogP contribution < -0.4 is 0 Å². The quantitative estimate of drug-likeness (QED) is 0.240. The Morgan fingerprint density at radius 3 is 2.22 bits per heavy atom. The number of halogens is 1. The molecule has 0 fully saturated rings. The maximum atomic E-state index is 16.5. The lowest BCUT2D eigenvalue weighted by molar-refractivity contribution is 0.635. The molecule has 2 aromatic heterocycles. The minimum Gasteiger partial charge on any atom is -0.333 e. The van der Waals surface area contributed by atoms with E-state index in [-0.39, 0.29) is 5.82 Å². The third kappa shape index (κ3) is 3.70. The first kappa shape index (κ1) is 22.3. The third-order valence-electron chi connectivity index (χ3n) is 7.02. The second-order valence-corrected chi connectivity index (χ2v) is 9.41. The lowest BCUT2D eigenvalue weighted by Gasteiger charge is -2.13. The van der Waals surface area contributed by atoms with Crippen molar-refractivity contribution in [3.8, 4) is 16.9 Å². The number of para-hydroxylation sites is 1. The Bertz CT molecular complexity index is 1670. The number of rotatable bonds is 6. The molecule has 0 saturated heterocycles. The highest BCUT2D eigenvalue weighted by atomic mass is 19.1. The summed E-state index contributed by atoms with van der Waals surface area (Å²) in [5, 5.41) is 6.08. The van der Waals surface area contributed by atoms with E-state index in [2.05, 4.69) is 46.9 Å². The van der Waals surface area contributed by atoms with E-state index >= 15 is 4.39 Å². The average molecular weight is 474 g/mol. The first-order valence-electron chi connectivity index (χ1n) is 12.5.